The van der Waals surface area contributed by atoms with E-state index in [-0.39, 0.29) is 5.37 Å². The van der Waals surface area contributed by atoms with Gasteiger partial charge >= 0.3 is 0 Å². The number of hydrogen-bond donors (Lipinski definition) is 3. The molecule has 0 aliphatic carbocycles. The van der Waals surface area contributed by atoms with Crippen LogP contribution >= 0.6 is 12.6 Å². The van der Waals surface area contributed by atoms with Crippen LogP contribution in [0.2, 0.25) is 0 Å². The van der Waals surface area contributed by atoms with Crippen LogP contribution in [0.1, 0.15) is 11.1 Å². The van der Waals surface area contributed by atoms with Gasteiger partial charge in [-0.2, -0.15) is 0 Å². The van der Waals surface area contributed by atoms with Crippen molar-refractivity contribution in [3.8, 4) is 0 Å². The van der Waals surface area contributed by atoms with E-state index in [1.807, 2.05) is 0 Å². The minimum absolute atomic E-state index is 0.0984. The molecule has 1 aliphatic heterocycles. The van der Waals surface area contributed by atoms with Crippen molar-refractivity contribution in [1.29, 1.82) is 0 Å². The molecule has 2 rings (SSSR count). The van der Waals surface area contributed by atoms with Crippen molar-refractivity contribution in [3.63, 3.8) is 0 Å². The molecule has 10 heavy (non-hydrogen) atoms. The number of aromatic amines is 1. The van der Waals surface area contributed by atoms with Gasteiger partial charge < -0.3 is 10.3 Å². The SMILES string of the molecule is SC1N=CNc2nc[nH]c21. The van der Waals surface area contributed by atoms with Crippen molar-refractivity contribution in [2.45, 2.75) is 5.37 Å². The molecule has 0 saturated carbocycles. The van der Waals surface area contributed by atoms with Crippen molar-refractivity contribution in [1.82, 2.24) is 9.97 Å². The third-order valence-corrected chi connectivity index (χ3v) is 1.74. The molecule has 1 atom stereocenters. The first-order valence-corrected chi connectivity index (χ1v) is 3.39. The van der Waals surface area contributed by atoms with Gasteiger partial charge in [0.25, 0.3) is 0 Å². The summed E-state index contributed by atoms with van der Waals surface area (Å²) in [4.78, 5) is 10.9. The average molecular weight is 154 g/mol. The van der Waals surface area contributed by atoms with Crippen molar-refractivity contribution in [2.24, 2.45) is 4.99 Å². The molecule has 0 fully saturated rings. The van der Waals surface area contributed by atoms with Gasteiger partial charge in [0, 0.05) is 0 Å². The molecule has 0 radical (unpaired) electrons. The van der Waals surface area contributed by atoms with Crippen LogP contribution < -0.4 is 5.32 Å². The third-order valence-electron chi connectivity index (χ3n) is 1.34. The summed E-state index contributed by atoms with van der Waals surface area (Å²) >= 11 is 4.20. The van der Waals surface area contributed by atoms with E-state index in [4.69, 9.17) is 0 Å². The van der Waals surface area contributed by atoms with Gasteiger partial charge in [-0.1, -0.05) is 0 Å². The third kappa shape index (κ3) is 0.706. The summed E-state index contributed by atoms with van der Waals surface area (Å²) in [5.74, 6) is 0.815. The van der Waals surface area contributed by atoms with Gasteiger partial charge in [-0.05, 0) is 0 Å². The van der Waals surface area contributed by atoms with Crippen molar-refractivity contribution in [2.75, 3.05) is 5.32 Å². The number of imidazole rings is 1. The second-order valence-electron chi connectivity index (χ2n) is 1.96. The summed E-state index contributed by atoms with van der Waals surface area (Å²) in [6, 6.07) is 0. The summed E-state index contributed by atoms with van der Waals surface area (Å²) in [5, 5.41) is 2.79. The number of nitrogens with one attached hydrogen (secondary N) is 2. The lowest BCUT2D eigenvalue weighted by atomic mass is 10.4. The van der Waals surface area contributed by atoms with Crippen LogP contribution in [-0.2, 0) is 0 Å². The summed E-state index contributed by atoms with van der Waals surface area (Å²) in [6.45, 7) is 0. The predicted octanol–water partition coefficient (Wildman–Crippen LogP) is 0.792. The minimum atomic E-state index is -0.0984. The molecule has 2 heterocycles. The first-order chi connectivity index (χ1) is 4.88. The van der Waals surface area contributed by atoms with Crippen molar-refractivity contribution >= 4 is 24.8 Å². The first kappa shape index (κ1) is 5.79. The van der Waals surface area contributed by atoms with E-state index < -0.39 is 0 Å². The highest BCUT2D eigenvalue weighted by Gasteiger charge is 2.14. The number of aromatic nitrogens is 2. The molecule has 1 aromatic rings. The monoisotopic (exact) mass is 154 g/mol. The van der Waals surface area contributed by atoms with Crippen LogP contribution in [0, 0.1) is 0 Å². The zero-order valence-electron chi connectivity index (χ0n) is 5.07. The molecule has 1 unspecified atom stereocenters. The highest BCUT2D eigenvalue weighted by Crippen LogP contribution is 2.26. The van der Waals surface area contributed by atoms with Gasteiger partial charge in [0.05, 0.1) is 18.4 Å². The lowest BCUT2D eigenvalue weighted by Crippen LogP contribution is -2.06. The fourth-order valence-corrected chi connectivity index (χ4v) is 1.12. The molecule has 5 heteroatoms. The van der Waals surface area contributed by atoms with Crippen LogP contribution in [0.4, 0.5) is 5.82 Å². The number of aliphatic imine (C=N–C) groups is 1. The summed E-state index contributed by atoms with van der Waals surface area (Å²) in [7, 11) is 0. The van der Waals surface area contributed by atoms with E-state index in [9.17, 15) is 0 Å². The summed E-state index contributed by atoms with van der Waals surface area (Å²) < 4.78 is 0. The Morgan fingerprint density at radius 1 is 1.60 bits per heavy atom. The summed E-state index contributed by atoms with van der Waals surface area (Å²) in [5.41, 5.74) is 0.922. The van der Waals surface area contributed by atoms with Gasteiger partial charge in [-0.3, -0.25) is 4.99 Å². The normalized spacial score (nSPS) is 21.9. The maximum absolute atomic E-state index is 4.20. The van der Waals surface area contributed by atoms with Gasteiger partial charge in [0.2, 0.25) is 0 Å². The molecule has 4 nitrogen and oxygen atoms in total. The van der Waals surface area contributed by atoms with E-state index in [2.05, 4.69) is 32.9 Å². The number of hydrogen-bond acceptors (Lipinski definition) is 4. The fourth-order valence-electron chi connectivity index (χ4n) is 0.860. The van der Waals surface area contributed by atoms with Crippen LogP contribution in [-0.4, -0.2) is 16.3 Å². The van der Waals surface area contributed by atoms with Crippen molar-refractivity contribution < 1.29 is 0 Å². The van der Waals surface area contributed by atoms with E-state index >= 15 is 0 Å². The minimum Gasteiger partial charge on any atom is -0.344 e. The highest BCUT2D eigenvalue weighted by atomic mass is 32.1. The maximum atomic E-state index is 4.20. The van der Waals surface area contributed by atoms with Gasteiger partial charge in [0.15, 0.2) is 5.82 Å². The number of fused-ring (bicyclic) bond motifs is 1. The Kier molecular flexibility index (Phi) is 1.17. The number of H-pyrrole nitrogens is 1. The first-order valence-electron chi connectivity index (χ1n) is 2.87. The Hall–Kier alpha value is -0.970. The Morgan fingerprint density at radius 3 is 3.30 bits per heavy atom. The largest absolute Gasteiger partial charge is 0.344 e. The highest BCUT2D eigenvalue weighted by molar-refractivity contribution is 7.80. The molecule has 1 aromatic heterocycles. The van der Waals surface area contributed by atoms with Gasteiger partial charge in [-0.15, -0.1) is 12.6 Å². The molecule has 52 valence electrons. The topological polar surface area (TPSA) is 53.1 Å². The predicted molar refractivity (Wildman–Crippen MR) is 42.4 cm³/mol. The molecule has 0 spiro atoms. The van der Waals surface area contributed by atoms with Crippen molar-refractivity contribution in [3.05, 3.63) is 12.0 Å². The zero-order valence-corrected chi connectivity index (χ0v) is 5.97. The Labute approximate surface area is 63.2 Å². The standard InChI is InChI=1S/C5H6N4S/c10-5-3-4(7-1-6-3)8-2-9-5/h1-2,5,10H,(H,6,7)(H,8,9). The quantitative estimate of drug-likeness (QED) is 0.484. The smallest absolute Gasteiger partial charge is 0.155 e. The van der Waals surface area contributed by atoms with E-state index in [0.29, 0.717) is 0 Å². The van der Waals surface area contributed by atoms with E-state index in [0.717, 1.165) is 11.5 Å². The zero-order chi connectivity index (χ0) is 6.97. The fraction of sp³-hybridized carbons (Fsp3) is 0.200. The lowest BCUT2D eigenvalue weighted by Gasteiger charge is -2.10. The maximum Gasteiger partial charge on any atom is 0.155 e. The Balaban J connectivity index is 2.48. The molecule has 1 aliphatic rings. The molecule has 2 N–H and O–H groups in total. The van der Waals surface area contributed by atoms with Crippen LogP contribution in [0.3, 0.4) is 0 Å². The second kappa shape index (κ2) is 2.02. The molecular formula is C5H6N4S. The lowest BCUT2D eigenvalue weighted by molar-refractivity contribution is 0.983. The van der Waals surface area contributed by atoms with Crippen LogP contribution in [0.15, 0.2) is 11.3 Å². The number of rotatable bonds is 0. The van der Waals surface area contributed by atoms with Gasteiger partial charge in [0.1, 0.15) is 5.37 Å². The molecule has 0 amide bonds. The molecule has 0 saturated heterocycles. The molecule has 0 aromatic carbocycles. The Bertz CT molecular complexity index is 266. The number of thiol groups is 1. The molecular weight excluding hydrogens is 148 g/mol. The van der Waals surface area contributed by atoms with Crippen LogP contribution in [0.5, 0.6) is 0 Å². The number of anilines is 1. The average Bonchev–Trinajstić information content (AvgIpc) is 2.36. The number of nitrogens with zero attached hydrogens (tertiary/aromatic N) is 2. The van der Waals surface area contributed by atoms with E-state index in [1.165, 1.54) is 0 Å². The summed E-state index contributed by atoms with van der Waals surface area (Å²) in [6.07, 6.45) is 3.22. The Morgan fingerprint density at radius 2 is 2.50 bits per heavy atom. The van der Waals surface area contributed by atoms with Gasteiger partial charge in [-0.25, -0.2) is 4.98 Å². The molecule has 0 bridgehead atoms. The second-order valence-corrected chi connectivity index (χ2v) is 2.45. The van der Waals surface area contributed by atoms with E-state index in [1.54, 1.807) is 12.7 Å². The van der Waals surface area contributed by atoms with Crippen LogP contribution in [0.25, 0.3) is 0 Å².